The third-order valence-corrected chi connectivity index (χ3v) is 4.83. The molecular weight excluding hydrogens is 431 g/mol. The van der Waals surface area contributed by atoms with Gasteiger partial charge in [0, 0.05) is 27.6 Å². The number of nitrogens with zero attached hydrogens (tertiary/aromatic N) is 1. The number of benzene rings is 2. The summed E-state index contributed by atoms with van der Waals surface area (Å²) in [7, 11) is 0. The normalized spacial score (nSPS) is 20.1. The first kappa shape index (κ1) is 20.8. The van der Waals surface area contributed by atoms with Crippen molar-refractivity contribution in [3.63, 3.8) is 0 Å². The van der Waals surface area contributed by atoms with Gasteiger partial charge in [-0.05, 0) is 36.8 Å². The van der Waals surface area contributed by atoms with E-state index in [2.05, 4.69) is 5.16 Å². The van der Waals surface area contributed by atoms with Crippen LogP contribution in [0.25, 0.3) is 0 Å². The molecule has 2 aromatic rings. The van der Waals surface area contributed by atoms with Gasteiger partial charge in [-0.3, -0.25) is 0 Å². The summed E-state index contributed by atoms with van der Waals surface area (Å²) in [5.74, 6) is 0. The average molecular weight is 442 g/mol. The van der Waals surface area contributed by atoms with Gasteiger partial charge in [-0.1, -0.05) is 40.5 Å². The van der Waals surface area contributed by atoms with Gasteiger partial charge in [0.05, 0.1) is 11.3 Å². The second kappa shape index (κ2) is 6.84. The molecule has 3 rings (SSSR count). The maximum absolute atomic E-state index is 13.9. The Bertz CT molecular complexity index is 934. The quantitative estimate of drug-likeness (QED) is 0.464. The van der Waals surface area contributed by atoms with Crippen LogP contribution in [0.3, 0.4) is 0 Å². The summed E-state index contributed by atoms with van der Waals surface area (Å²) < 4.78 is 81.2. The zero-order valence-electron chi connectivity index (χ0n) is 14.1. The molecule has 2 nitrogen and oxygen atoms in total. The van der Waals surface area contributed by atoms with Gasteiger partial charge in [-0.15, -0.1) is 0 Å². The molecule has 1 atom stereocenters. The van der Waals surface area contributed by atoms with Crippen molar-refractivity contribution in [1.29, 1.82) is 0 Å². The predicted molar refractivity (Wildman–Crippen MR) is 92.6 cm³/mol. The monoisotopic (exact) mass is 441 g/mol. The standard InChI is InChI=1S/C18H11Cl2F6NO/c1-9-2-3-10(4-14(9)17(21,22)23)15-8-16(28-27-15,18(24,25)26)11-5-12(19)7-13(20)6-11/h2-7H,8H2,1H3. The van der Waals surface area contributed by atoms with Crippen molar-refractivity contribution in [2.24, 2.45) is 5.16 Å². The van der Waals surface area contributed by atoms with Gasteiger partial charge in [0.1, 0.15) is 0 Å². The fraction of sp³-hybridized carbons (Fsp3) is 0.278. The van der Waals surface area contributed by atoms with Crippen LogP contribution in [0.1, 0.15) is 28.7 Å². The lowest BCUT2D eigenvalue weighted by atomic mass is 9.86. The van der Waals surface area contributed by atoms with E-state index in [0.717, 1.165) is 18.2 Å². The third kappa shape index (κ3) is 3.67. The summed E-state index contributed by atoms with van der Waals surface area (Å²) in [4.78, 5) is 4.79. The minimum atomic E-state index is -4.93. The molecule has 1 unspecified atom stereocenters. The molecule has 0 saturated carbocycles. The van der Waals surface area contributed by atoms with E-state index >= 15 is 0 Å². The molecule has 0 aliphatic carbocycles. The minimum Gasteiger partial charge on any atom is -0.374 e. The van der Waals surface area contributed by atoms with E-state index in [-0.39, 0.29) is 32.4 Å². The van der Waals surface area contributed by atoms with Crippen molar-refractivity contribution in [3.8, 4) is 0 Å². The first-order valence-electron chi connectivity index (χ1n) is 7.80. The molecule has 28 heavy (non-hydrogen) atoms. The molecule has 10 heteroatoms. The van der Waals surface area contributed by atoms with Gasteiger partial charge in [-0.2, -0.15) is 26.3 Å². The van der Waals surface area contributed by atoms with Crippen molar-refractivity contribution < 1.29 is 31.2 Å². The van der Waals surface area contributed by atoms with E-state index in [1.165, 1.54) is 25.1 Å². The van der Waals surface area contributed by atoms with E-state index in [1.807, 2.05) is 0 Å². The van der Waals surface area contributed by atoms with Crippen molar-refractivity contribution in [1.82, 2.24) is 0 Å². The van der Waals surface area contributed by atoms with Crippen LogP contribution in [0.2, 0.25) is 10.0 Å². The number of hydrogen-bond donors (Lipinski definition) is 0. The Hall–Kier alpha value is -1.93. The smallest absolute Gasteiger partial charge is 0.374 e. The Kier molecular flexibility index (Phi) is 5.08. The van der Waals surface area contributed by atoms with Crippen LogP contribution >= 0.6 is 23.2 Å². The second-order valence-electron chi connectivity index (χ2n) is 6.32. The Labute approximate surface area is 165 Å². The SMILES string of the molecule is Cc1ccc(C2=NOC(c3cc(Cl)cc(Cl)c3)(C(F)(F)F)C2)cc1C(F)(F)F. The molecule has 0 N–H and O–H groups in total. The molecule has 1 heterocycles. The topological polar surface area (TPSA) is 21.6 Å². The maximum atomic E-state index is 13.9. The van der Waals surface area contributed by atoms with Crippen LogP contribution in [0.5, 0.6) is 0 Å². The lowest BCUT2D eigenvalue weighted by Gasteiger charge is -2.29. The number of halogens is 8. The number of alkyl halides is 6. The van der Waals surface area contributed by atoms with Crippen LogP contribution in [0.4, 0.5) is 26.3 Å². The summed E-state index contributed by atoms with van der Waals surface area (Å²) >= 11 is 11.6. The maximum Gasteiger partial charge on any atom is 0.435 e. The summed E-state index contributed by atoms with van der Waals surface area (Å²) in [6.45, 7) is 1.26. The van der Waals surface area contributed by atoms with Gasteiger partial charge < -0.3 is 4.84 Å². The third-order valence-electron chi connectivity index (χ3n) is 4.39. The molecule has 0 bridgehead atoms. The highest BCUT2D eigenvalue weighted by molar-refractivity contribution is 6.34. The van der Waals surface area contributed by atoms with Gasteiger partial charge in [-0.25, -0.2) is 0 Å². The molecule has 1 aliphatic heterocycles. The Balaban J connectivity index is 2.05. The van der Waals surface area contributed by atoms with Gasteiger partial charge in [0.25, 0.3) is 5.60 Å². The van der Waals surface area contributed by atoms with Crippen LogP contribution in [0, 0.1) is 6.92 Å². The van der Waals surface area contributed by atoms with E-state index in [0.29, 0.717) is 0 Å². The highest BCUT2D eigenvalue weighted by Gasteiger charge is 2.62. The molecule has 0 spiro atoms. The predicted octanol–water partition coefficient (Wildman–Crippen LogP) is 6.90. The number of rotatable bonds is 2. The molecule has 0 fully saturated rings. The molecule has 0 aromatic heterocycles. The van der Waals surface area contributed by atoms with Gasteiger partial charge in [0.15, 0.2) is 0 Å². The van der Waals surface area contributed by atoms with Crippen LogP contribution in [-0.2, 0) is 16.6 Å². The van der Waals surface area contributed by atoms with E-state index in [9.17, 15) is 26.3 Å². The number of oxime groups is 1. The second-order valence-corrected chi connectivity index (χ2v) is 7.19. The zero-order chi connectivity index (χ0) is 20.9. The Morgan fingerprint density at radius 3 is 2.11 bits per heavy atom. The molecule has 0 amide bonds. The highest BCUT2D eigenvalue weighted by Crippen LogP contribution is 2.50. The van der Waals surface area contributed by atoms with Crippen molar-refractivity contribution in [3.05, 3.63) is 68.7 Å². The lowest BCUT2D eigenvalue weighted by molar-refractivity contribution is -0.275. The molecule has 2 aromatic carbocycles. The van der Waals surface area contributed by atoms with Gasteiger partial charge >= 0.3 is 12.4 Å². The summed E-state index contributed by atoms with van der Waals surface area (Å²) in [6.07, 6.45) is -10.4. The van der Waals surface area contributed by atoms with Crippen LogP contribution < -0.4 is 0 Å². The highest BCUT2D eigenvalue weighted by atomic mass is 35.5. The van der Waals surface area contributed by atoms with Crippen molar-refractivity contribution in [2.75, 3.05) is 0 Å². The van der Waals surface area contributed by atoms with Crippen LogP contribution in [-0.4, -0.2) is 11.9 Å². The first-order valence-corrected chi connectivity index (χ1v) is 8.56. The van der Waals surface area contributed by atoms with Crippen LogP contribution in [0.15, 0.2) is 41.6 Å². The average Bonchev–Trinajstić information content (AvgIpc) is 2.99. The van der Waals surface area contributed by atoms with E-state index in [1.54, 1.807) is 0 Å². The summed E-state index contributed by atoms with van der Waals surface area (Å²) in [6, 6.07) is 6.53. The summed E-state index contributed by atoms with van der Waals surface area (Å²) in [5.41, 5.74) is -4.68. The molecular formula is C18H11Cl2F6NO. The first-order chi connectivity index (χ1) is 12.8. The molecule has 150 valence electrons. The molecule has 1 aliphatic rings. The van der Waals surface area contributed by atoms with Crippen molar-refractivity contribution >= 4 is 28.9 Å². The minimum absolute atomic E-state index is 0.0436. The molecule has 0 radical (unpaired) electrons. The Morgan fingerprint density at radius 2 is 1.57 bits per heavy atom. The van der Waals surface area contributed by atoms with Crippen molar-refractivity contribution in [2.45, 2.75) is 31.3 Å². The largest absolute Gasteiger partial charge is 0.435 e. The number of aryl methyl sites for hydroxylation is 1. The fourth-order valence-corrected chi connectivity index (χ4v) is 3.48. The lowest BCUT2D eigenvalue weighted by Crippen LogP contribution is -2.42. The number of hydrogen-bond acceptors (Lipinski definition) is 2. The zero-order valence-corrected chi connectivity index (χ0v) is 15.6. The fourth-order valence-electron chi connectivity index (χ4n) is 2.95. The summed E-state index contributed by atoms with van der Waals surface area (Å²) in [5, 5.41) is 3.37. The van der Waals surface area contributed by atoms with Gasteiger partial charge in [0.2, 0.25) is 0 Å². The Morgan fingerprint density at radius 1 is 0.964 bits per heavy atom. The van der Waals surface area contributed by atoms with E-state index in [4.69, 9.17) is 28.0 Å². The van der Waals surface area contributed by atoms with E-state index < -0.39 is 29.9 Å². The molecule has 0 saturated heterocycles.